The van der Waals surface area contributed by atoms with E-state index in [2.05, 4.69) is 15.9 Å². The molecule has 1 atom stereocenters. The molecule has 0 heterocycles. The summed E-state index contributed by atoms with van der Waals surface area (Å²) in [5, 5.41) is 8.94. The summed E-state index contributed by atoms with van der Waals surface area (Å²) in [5.41, 5.74) is 0. The van der Waals surface area contributed by atoms with Crippen LogP contribution >= 0.6 is 15.9 Å². The van der Waals surface area contributed by atoms with Gasteiger partial charge in [-0.15, -0.1) is 0 Å². The third-order valence-electron chi connectivity index (χ3n) is 1.05. The fourth-order valence-corrected chi connectivity index (χ4v) is 1.28. The largest absolute Gasteiger partial charge is 0.480 e. The van der Waals surface area contributed by atoms with E-state index in [1.54, 1.807) is 19.0 Å². The highest BCUT2D eigenvalue weighted by Gasteiger charge is 2.16. The van der Waals surface area contributed by atoms with Gasteiger partial charge in [0, 0.05) is 5.33 Å². The quantitative estimate of drug-likeness (QED) is 0.664. The van der Waals surface area contributed by atoms with E-state index >= 15 is 0 Å². The summed E-state index contributed by atoms with van der Waals surface area (Å²) in [6.07, 6.45) is 0. The Morgan fingerprint density at radius 2 is 2.22 bits per heavy atom. The summed E-state index contributed by atoms with van der Waals surface area (Å²) < 4.78 is 0. The Hall–Kier alpha value is -0.0900. The number of carbonyl (C=O) groups is 1. The predicted octanol–water partition coefficient (Wildman–Crippen LogP) is 0.396. The highest BCUT2D eigenvalue weighted by Crippen LogP contribution is 1.97. The van der Waals surface area contributed by atoms with Crippen LogP contribution in [0.1, 0.15) is 0 Å². The van der Waals surface area contributed by atoms with Crippen LogP contribution in [-0.2, 0) is 4.79 Å². The molecule has 0 radical (unpaired) electrons. The maximum absolute atomic E-state index is 10.3. The lowest BCUT2D eigenvalue weighted by Gasteiger charge is -2.16. The number of carboxylic acid groups (broad SMARTS) is 1. The highest BCUT2D eigenvalue weighted by molar-refractivity contribution is 9.09. The van der Waals surface area contributed by atoms with Crippen LogP contribution in [0.25, 0.3) is 0 Å². The second kappa shape index (κ2) is 3.85. The van der Waals surface area contributed by atoms with Crippen molar-refractivity contribution in [2.75, 3.05) is 19.4 Å². The van der Waals surface area contributed by atoms with Crippen LogP contribution in [0.2, 0.25) is 0 Å². The minimum Gasteiger partial charge on any atom is -0.480 e. The van der Waals surface area contributed by atoms with Gasteiger partial charge in [0.2, 0.25) is 0 Å². The van der Waals surface area contributed by atoms with Crippen molar-refractivity contribution in [1.82, 2.24) is 4.90 Å². The van der Waals surface area contributed by atoms with E-state index < -0.39 is 12.0 Å². The highest BCUT2D eigenvalue weighted by atomic mass is 79.9. The molecule has 0 saturated heterocycles. The summed E-state index contributed by atoms with van der Waals surface area (Å²) in [4.78, 5) is 12.0. The zero-order chi connectivity index (χ0) is 7.44. The van der Waals surface area contributed by atoms with Gasteiger partial charge in [0.1, 0.15) is 6.04 Å². The number of alkyl halides is 1. The number of carboxylic acids is 1. The number of nitrogens with zero attached hydrogens (tertiary/aromatic N) is 1. The summed E-state index contributed by atoms with van der Waals surface area (Å²) >= 11 is 3.09. The van der Waals surface area contributed by atoms with E-state index in [9.17, 15) is 4.79 Å². The van der Waals surface area contributed by atoms with Gasteiger partial charge in [0.15, 0.2) is 0 Å². The minimum absolute atomic E-state index is 0.412. The molecule has 3 nitrogen and oxygen atoms in total. The Kier molecular flexibility index (Phi) is 3.81. The molecule has 0 spiro atoms. The van der Waals surface area contributed by atoms with E-state index in [-0.39, 0.29) is 0 Å². The van der Waals surface area contributed by atoms with Gasteiger partial charge in [0.05, 0.1) is 0 Å². The Bertz CT molecular complexity index is 105. The van der Waals surface area contributed by atoms with E-state index in [0.29, 0.717) is 5.33 Å². The zero-order valence-electron chi connectivity index (χ0n) is 5.47. The van der Waals surface area contributed by atoms with Crippen molar-refractivity contribution >= 4 is 21.9 Å². The second-order valence-corrected chi connectivity index (χ2v) is 2.62. The number of likely N-dealkylation sites (N-methyl/N-ethyl adjacent to an activating group) is 1. The molecule has 0 rings (SSSR count). The van der Waals surface area contributed by atoms with Gasteiger partial charge in [-0.25, -0.2) is 0 Å². The SMILES string of the molecule is CN(C)C(CBr)C(=O)O. The molecular formula is C5H10BrNO2. The normalized spacial score (nSPS) is 13.8. The van der Waals surface area contributed by atoms with E-state index in [0.717, 1.165) is 0 Å². The first kappa shape index (κ1) is 8.91. The molecule has 1 N–H and O–H groups in total. The van der Waals surface area contributed by atoms with Crippen molar-refractivity contribution < 1.29 is 9.90 Å². The van der Waals surface area contributed by atoms with E-state index in [1.807, 2.05) is 0 Å². The molecule has 4 heteroatoms. The molecule has 0 aliphatic rings. The third-order valence-corrected chi connectivity index (χ3v) is 1.67. The van der Waals surface area contributed by atoms with Crippen molar-refractivity contribution in [2.24, 2.45) is 0 Å². The lowest BCUT2D eigenvalue weighted by molar-refractivity contribution is -0.141. The van der Waals surface area contributed by atoms with Crippen LogP contribution in [0.5, 0.6) is 0 Å². The van der Waals surface area contributed by atoms with Gasteiger partial charge in [-0.05, 0) is 14.1 Å². The lowest BCUT2D eigenvalue weighted by Crippen LogP contribution is -2.36. The average molecular weight is 196 g/mol. The summed E-state index contributed by atoms with van der Waals surface area (Å²) in [6, 6.07) is -0.412. The van der Waals surface area contributed by atoms with Crippen molar-refractivity contribution in [2.45, 2.75) is 6.04 Å². The molecular weight excluding hydrogens is 186 g/mol. The first-order valence-corrected chi connectivity index (χ1v) is 3.67. The standard InChI is InChI=1S/C5H10BrNO2/c1-7(2)4(3-6)5(8)9/h4H,3H2,1-2H3,(H,8,9). The van der Waals surface area contributed by atoms with Gasteiger partial charge in [-0.1, -0.05) is 15.9 Å². The molecule has 1 unspecified atom stereocenters. The number of rotatable bonds is 3. The maximum Gasteiger partial charge on any atom is 0.321 e. The van der Waals surface area contributed by atoms with Gasteiger partial charge in [-0.2, -0.15) is 0 Å². The summed E-state index contributed by atoms with van der Waals surface area (Å²) in [5.74, 6) is -0.795. The second-order valence-electron chi connectivity index (χ2n) is 1.97. The number of aliphatic carboxylic acids is 1. The van der Waals surface area contributed by atoms with Crippen LogP contribution < -0.4 is 0 Å². The molecule has 0 aromatic heterocycles. The fraction of sp³-hybridized carbons (Fsp3) is 0.800. The summed E-state index contributed by atoms with van der Waals surface area (Å²) in [6.45, 7) is 0. The van der Waals surface area contributed by atoms with Crippen LogP contribution in [0.3, 0.4) is 0 Å². The molecule has 0 bridgehead atoms. The molecule has 0 aromatic carbocycles. The first-order chi connectivity index (χ1) is 4.09. The Morgan fingerprint density at radius 3 is 2.22 bits per heavy atom. The van der Waals surface area contributed by atoms with Gasteiger partial charge < -0.3 is 5.11 Å². The van der Waals surface area contributed by atoms with Crippen molar-refractivity contribution in [3.05, 3.63) is 0 Å². The molecule has 0 aromatic rings. The number of hydrogen-bond acceptors (Lipinski definition) is 2. The van der Waals surface area contributed by atoms with Crippen LogP contribution in [0.15, 0.2) is 0 Å². The van der Waals surface area contributed by atoms with Gasteiger partial charge >= 0.3 is 5.97 Å². The van der Waals surface area contributed by atoms with E-state index in [4.69, 9.17) is 5.11 Å². The Labute approximate surface area is 62.8 Å². The van der Waals surface area contributed by atoms with Gasteiger partial charge in [-0.3, -0.25) is 9.69 Å². The Balaban J connectivity index is 3.83. The number of hydrogen-bond donors (Lipinski definition) is 1. The lowest BCUT2D eigenvalue weighted by atomic mass is 10.3. The monoisotopic (exact) mass is 195 g/mol. The van der Waals surface area contributed by atoms with Crippen molar-refractivity contribution in [3.63, 3.8) is 0 Å². The van der Waals surface area contributed by atoms with Gasteiger partial charge in [0.25, 0.3) is 0 Å². The van der Waals surface area contributed by atoms with Crippen LogP contribution in [0.4, 0.5) is 0 Å². The molecule has 0 aliphatic heterocycles. The van der Waals surface area contributed by atoms with Crippen LogP contribution in [-0.4, -0.2) is 41.4 Å². The summed E-state index contributed by atoms with van der Waals surface area (Å²) in [7, 11) is 3.47. The molecule has 0 aliphatic carbocycles. The average Bonchev–Trinajstić information content (AvgIpc) is 1.64. The van der Waals surface area contributed by atoms with Crippen molar-refractivity contribution in [3.8, 4) is 0 Å². The minimum atomic E-state index is -0.795. The topological polar surface area (TPSA) is 40.5 Å². The third kappa shape index (κ3) is 2.81. The Morgan fingerprint density at radius 1 is 1.78 bits per heavy atom. The van der Waals surface area contributed by atoms with E-state index in [1.165, 1.54) is 0 Å². The molecule has 0 amide bonds. The predicted molar refractivity (Wildman–Crippen MR) is 38.9 cm³/mol. The number of halogens is 1. The molecule has 0 fully saturated rings. The maximum atomic E-state index is 10.3. The first-order valence-electron chi connectivity index (χ1n) is 2.54. The molecule has 9 heavy (non-hydrogen) atoms. The zero-order valence-corrected chi connectivity index (χ0v) is 7.05. The molecule has 54 valence electrons. The van der Waals surface area contributed by atoms with Crippen LogP contribution in [0, 0.1) is 0 Å². The smallest absolute Gasteiger partial charge is 0.321 e. The molecule has 0 saturated carbocycles. The fourth-order valence-electron chi connectivity index (χ4n) is 0.425. The van der Waals surface area contributed by atoms with Crippen molar-refractivity contribution in [1.29, 1.82) is 0 Å².